The molecule has 0 fully saturated rings. The first-order valence-electron chi connectivity index (χ1n) is 17.1. The van der Waals surface area contributed by atoms with Crippen LogP contribution in [0.15, 0.2) is 180 Å². The Morgan fingerprint density at radius 1 is 0.392 bits per heavy atom. The average molecular weight is 652 g/mol. The molecule has 4 heteroatoms. The Bertz CT molecular complexity index is 2890. The fraction of sp³-hybridized carbons (Fsp3) is 0. The van der Waals surface area contributed by atoms with E-state index in [0.29, 0.717) is 5.82 Å². The second-order valence-corrected chi connectivity index (χ2v) is 12.8. The molecule has 0 atom stereocenters. The second kappa shape index (κ2) is 11.9. The monoisotopic (exact) mass is 651 g/mol. The van der Waals surface area contributed by atoms with Crippen LogP contribution in [0.3, 0.4) is 0 Å². The van der Waals surface area contributed by atoms with E-state index in [9.17, 15) is 0 Å². The van der Waals surface area contributed by atoms with Gasteiger partial charge in [-0.1, -0.05) is 152 Å². The van der Waals surface area contributed by atoms with Gasteiger partial charge in [-0.25, -0.2) is 15.0 Å². The average Bonchev–Trinajstić information content (AvgIpc) is 3.61. The molecular weight excluding hydrogens is 623 g/mol. The summed E-state index contributed by atoms with van der Waals surface area (Å²) in [6.07, 6.45) is 0. The van der Waals surface area contributed by atoms with Crippen molar-refractivity contribution in [2.45, 2.75) is 0 Å². The number of pyridine rings is 1. The van der Waals surface area contributed by atoms with E-state index < -0.39 is 0 Å². The molecule has 0 aliphatic heterocycles. The summed E-state index contributed by atoms with van der Waals surface area (Å²) in [4.78, 5) is 15.6. The predicted octanol–water partition coefficient (Wildman–Crippen LogP) is 12.4. The van der Waals surface area contributed by atoms with E-state index in [1.165, 1.54) is 10.9 Å². The van der Waals surface area contributed by atoms with Gasteiger partial charge in [0.1, 0.15) is 11.2 Å². The van der Waals surface area contributed by atoms with Gasteiger partial charge >= 0.3 is 0 Å². The Kier molecular flexibility index (Phi) is 6.78. The first kappa shape index (κ1) is 29.0. The maximum atomic E-state index is 6.62. The van der Waals surface area contributed by atoms with Gasteiger partial charge in [-0.05, 0) is 46.2 Å². The van der Waals surface area contributed by atoms with Crippen LogP contribution >= 0.6 is 0 Å². The van der Waals surface area contributed by atoms with Crippen LogP contribution in [0.5, 0.6) is 0 Å². The quantitative estimate of drug-likeness (QED) is 0.186. The fourth-order valence-electron chi connectivity index (χ4n) is 7.17. The van der Waals surface area contributed by atoms with E-state index in [2.05, 4.69) is 140 Å². The van der Waals surface area contributed by atoms with Gasteiger partial charge in [-0.3, -0.25) is 0 Å². The summed E-state index contributed by atoms with van der Waals surface area (Å²) in [5.41, 5.74) is 11.5. The van der Waals surface area contributed by atoms with Crippen LogP contribution in [0.2, 0.25) is 0 Å². The smallest absolute Gasteiger partial charge is 0.160 e. The maximum absolute atomic E-state index is 6.62. The number of nitrogens with zero attached hydrogens (tertiary/aromatic N) is 3. The van der Waals surface area contributed by atoms with E-state index in [1.807, 2.05) is 36.4 Å². The molecule has 3 aromatic heterocycles. The Morgan fingerprint density at radius 2 is 1.00 bits per heavy atom. The fourth-order valence-corrected chi connectivity index (χ4v) is 7.17. The van der Waals surface area contributed by atoms with Gasteiger partial charge in [0, 0.05) is 33.0 Å². The van der Waals surface area contributed by atoms with E-state index in [0.717, 1.165) is 83.1 Å². The summed E-state index contributed by atoms with van der Waals surface area (Å²) in [7, 11) is 0. The van der Waals surface area contributed by atoms with Crippen LogP contribution in [0.1, 0.15) is 0 Å². The normalized spacial score (nSPS) is 11.5. The number of hydrogen-bond acceptors (Lipinski definition) is 4. The molecule has 7 aromatic carbocycles. The van der Waals surface area contributed by atoms with Crippen molar-refractivity contribution in [2.75, 3.05) is 0 Å². The Labute approximate surface area is 294 Å². The summed E-state index contributed by atoms with van der Waals surface area (Å²) in [5, 5.41) is 5.37. The zero-order chi connectivity index (χ0) is 33.7. The van der Waals surface area contributed by atoms with Crippen LogP contribution in [-0.4, -0.2) is 15.0 Å². The molecular formula is C47H29N3O. The number of furan rings is 1. The molecule has 3 heterocycles. The molecule has 0 amide bonds. The van der Waals surface area contributed by atoms with E-state index in [1.54, 1.807) is 0 Å². The first-order chi connectivity index (χ1) is 25.3. The van der Waals surface area contributed by atoms with Crippen molar-refractivity contribution in [2.24, 2.45) is 0 Å². The van der Waals surface area contributed by atoms with Gasteiger partial charge in [0.2, 0.25) is 0 Å². The van der Waals surface area contributed by atoms with Gasteiger partial charge in [-0.2, -0.15) is 0 Å². The highest BCUT2D eigenvalue weighted by atomic mass is 16.3. The molecule has 0 aliphatic carbocycles. The minimum Gasteiger partial charge on any atom is -0.455 e. The third-order valence-corrected chi connectivity index (χ3v) is 9.69. The molecule has 10 aromatic rings. The van der Waals surface area contributed by atoms with Crippen molar-refractivity contribution in [1.82, 2.24) is 15.0 Å². The van der Waals surface area contributed by atoms with E-state index >= 15 is 0 Å². The summed E-state index contributed by atoms with van der Waals surface area (Å²) in [5.74, 6) is 0.674. The molecule has 0 saturated carbocycles. The zero-order valence-electron chi connectivity index (χ0n) is 27.5. The largest absolute Gasteiger partial charge is 0.455 e. The Morgan fingerprint density at radius 3 is 1.80 bits per heavy atom. The van der Waals surface area contributed by atoms with E-state index in [4.69, 9.17) is 19.4 Å². The van der Waals surface area contributed by atoms with Crippen molar-refractivity contribution in [1.29, 1.82) is 0 Å². The lowest BCUT2D eigenvalue weighted by Gasteiger charge is -2.12. The van der Waals surface area contributed by atoms with Crippen molar-refractivity contribution >= 4 is 43.6 Å². The van der Waals surface area contributed by atoms with Crippen LogP contribution in [0, 0.1) is 0 Å². The minimum absolute atomic E-state index is 0.674. The van der Waals surface area contributed by atoms with Crippen molar-refractivity contribution < 1.29 is 4.42 Å². The van der Waals surface area contributed by atoms with Gasteiger partial charge in [-0.15, -0.1) is 0 Å². The second-order valence-electron chi connectivity index (χ2n) is 12.8. The number of aromatic nitrogens is 3. The molecule has 0 radical (unpaired) electrons. The highest BCUT2D eigenvalue weighted by Gasteiger charge is 2.20. The molecule has 238 valence electrons. The molecule has 4 nitrogen and oxygen atoms in total. The molecule has 0 saturated heterocycles. The summed E-state index contributed by atoms with van der Waals surface area (Å²) < 4.78 is 6.62. The standard InChI is InChI=1S/C47H29N3O/c1-3-12-30(13-4-1)31-22-24-33(25-23-31)40-29-41(50-47(49-40)34-15-5-2-6-16-34)35-26-27-38-42(28-35)48-45(37-20-11-17-32-14-7-8-18-36(32)37)44-39-19-9-10-21-43(39)51-46(38)44/h1-29H. The lowest BCUT2D eigenvalue weighted by molar-refractivity contribution is 0.672. The lowest BCUT2D eigenvalue weighted by Crippen LogP contribution is -1.96. The van der Waals surface area contributed by atoms with Crippen LogP contribution in [0.4, 0.5) is 0 Å². The third kappa shape index (κ3) is 5.04. The number of fused-ring (bicyclic) bond motifs is 6. The summed E-state index contributed by atoms with van der Waals surface area (Å²) in [6.45, 7) is 0. The SMILES string of the molecule is c1ccc(-c2ccc(-c3cc(-c4ccc5c(c4)nc(-c4cccc6ccccc46)c4c6ccccc6oc54)nc(-c4ccccc4)n3)cc2)cc1. The molecule has 0 spiro atoms. The number of para-hydroxylation sites is 1. The molecule has 0 aliphatic rings. The highest BCUT2D eigenvalue weighted by molar-refractivity contribution is 6.21. The van der Waals surface area contributed by atoms with Gasteiger partial charge < -0.3 is 4.42 Å². The Hall–Kier alpha value is -6.91. The van der Waals surface area contributed by atoms with E-state index in [-0.39, 0.29) is 0 Å². The minimum atomic E-state index is 0.674. The number of hydrogen-bond donors (Lipinski definition) is 0. The van der Waals surface area contributed by atoms with Crippen LogP contribution < -0.4 is 0 Å². The molecule has 0 bridgehead atoms. The van der Waals surface area contributed by atoms with Gasteiger partial charge in [0.25, 0.3) is 0 Å². The molecule has 51 heavy (non-hydrogen) atoms. The molecule has 0 unspecified atom stereocenters. The zero-order valence-corrected chi connectivity index (χ0v) is 27.5. The van der Waals surface area contributed by atoms with Crippen LogP contribution in [0.25, 0.3) is 99.9 Å². The summed E-state index contributed by atoms with van der Waals surface area (Å²) >= 11 is 0. The topological polar surface area (TPSA) is 51.8 Å². The highest BCUT2D eigenvalue weighted by Crippen LogP contribution is 2.42. The Balaban J connectivity index is 1.18. The third-order valence-electron chi connectivity index (χ3n) is 9.69. The van der Waals surface area contributed by atoms with Crippen LogP contribution in [-0.2, 0) is 0 Å². The maximum Gasteiger partial charge on any atom is 0.160 e. The lowest BCUT2D eigenvalue weighted by atomic mass is 9.97. The first-order valence-corrected chi connectivity index (χ1v) is 17.1. The van der Waals surface area contributed by atoms with Gasteiger partial charge in [0.15, 0.2) is 5.82 Å². The van der Waals surface area contributed by atoms with Crippen molar-refractivity contribution in [3.05, 3.63) is 176 Å². The number of rotatable bonds is 5. The number of benzene rings is 7. The predicted molar refractivity (Wildman–Crippen MR) is 209 cm³/mol. The van der Waals surface area contributed by atoms with Crippen molar-refractivity contribution in [3.63, 3.8) is 0 Å². The van der Waals surface area contributed by atoms with Crippen molar-refractivity contribution in [3.8, 4) is 56.3 Å². The van der Waals surface area contributed by atoms with Gasteiger partial charge in [0.05, 0.1) is 28.0 Å². The molecule has 10 rings (SSSR count). The molecule has 0 N–H and O–H groups in total. The summed E-state index contributed by atoms with van der Waals surface area (Å²) in [6, 6.07) is 60.7.